The van der Waals surface area contributed by atoms with E-state index in [1.807, 2.05) is 27.7 Å². The number of amidine groups is 1. The van der Waals surface area contributed by atoms with Crippen LogP contribution in [-0.2, 0) is 19.1 Å². The summed E-state index contributed by atoms with van der Waals surface area (Å²) in [7, 11) is 0. The molecule has 0 aliphatic carbocycles. The van der Waals surface area contributed by atoms with Crippen LogP contribution in [-0.4, -0.2) is 41.2 Å². The second kappa shape index (κ2) is 5.98. The highest BCUT2D eigenvalue weighted by molar-refractivity contribution is 6.06. The van der Waals surface area contributed by atoms with E-state index in [9.17, 15) is 9.59 Å². The van der Waals surface area contributed by atoms with Crippen LogP contribution in [0.15, 0.2) is 16.8 Å². The van der Waals surface area contributed by atoms with Gasteiger partial charge in [-0.1, -0.05) is 19.0 Å². The summed E-state index contributed by atoms with van der Waals surface area (Å²) >= 11 is 0. The molecule has 1 unspecified atom stereocenters. The maximum Gasteiger partial charge on any atom is 0.510 e. The van der Waals surface area contributed by atoms with Gasteiger partial charge < -0.3 is 14.3 Å². The Hall–Kier alpha value is -2.05. The van der Waals surface area contributed by atoms with E-state index in [1.54, 1.807) is 6.92 Å². The second-order valence-electron chi connectivity index (χ2n) is 6.56. The molecule has 0 spiro atoms. The molecule has 0 radical (unpaired) electrons. The fraction of sp³-hybridized carbons (Fsp3) is 0.667. The lowest BCUT2D eigenvalue weighted by Crippen LogP contribution is -2.43. The van der Waals surface area contributed by atoms with E-state index in [1.165, 1.54) is 11.0 Å². The van der Waals surface area contributed by atoms with Gasteiger partial charge in [0.2, 0.25) is 6.23 Å². The van der Waals surface area contributed by atoms with Gasteiger partial charge in [0.25, 0.3) is 5.91 Å². The van der Waals surface area contributed by atoms with Gasteiger partial charge in [0.05, 0.1) is 13.0 Å². The van der Waals surface area contributed by atoms with E-state index in [0.717, 1.165) is 0 Å². The molecule has 122 valence electrons. The van der Waals surface area contributed by atoms with Gasteiger partial charge in [0.1, 0.15) is 5.60 Å². The molecule has 2 aliphatic heterocycles. The summed E-state index contributed by atoms with van der Waals surface area (Å²) in [4.78, 5) is 30.5. The van der Waals surface area contributed by atoms with Gasteiger partial charge in [-0.05, 0) is 32.3 Å². The zero-order chi connectivity index (χ0) is 16.5. The number of oxime groups is 1. The second-order valence-corrected chi connectivity index (χ2v) is 6.56. The smallest absolute Gasteiger partial charge is 0.434 e. The van der Waals surface area contributed by atoms with Crippen LogP contribution in [0, 0.1) is 5.92 Å². The van der Waals surface area contributed by atoms with Crippen LogP contribution < -0.4 is 0 Å². The molecule has 7 nitrogen and oxygen atoms in total. The van der Waals surface area contributed by atoms with Crippen LogP contribution in [0.5, 0.6) is 0 Å². The average molecular weight is 310 g/mol. The molecule has 1 amide bonds. The number of nitrogens with zero attached hydrogens (tertiary/aromatic N) is 2. The fourth-order valence-electron chi connectivity index (χ4n) is 2.17. The largest absolute Gasteiger partial charge is 0.510 e. The van der Waals surface area contributed by atoms with Crippen molar-refractivity contribution in [1.29, 1.82) is 0 Å². The molecule has 22 heavy (non-hydrogen) atoms. The van der Waals surface area contributed by atoms with Crippen molar-refractivity contribution in [2.24, 2.45) is 11.1 Å². The molecule has 0 saturated heterocycles. The molecule has 0 aromatic rings. The first-order valence-electron chi connectivity index (χ1n) is 7.29. The summed E-state index contributed by atoms with van der Waals surface area (Å²) in [5, 5.41) is 3.94. The third-order valence-electron chi connectivity index (χ3n) is 3.22. The Kier molecular flexibility index (Phi) is 4.44. The van der Waals surface area contributed by atoms with Crippen molar-refractivity contribution in [1.82, 2.24) is 4.90 Å². The topological polar surface area (TPSA) is 77.4 Å². The summed E-state index contributed by atoms with van der Waals surface area (Å²) in [5.41, 5.74) is 0.147. The molecule has 0 aromatic carbocycles. The summed E-state index contributed by atoms with van der Waals surface area (Å²) < 4.78 is 10.3. The van der Waals surface area contributed by atoms with Crippen LogP contribution in [0.1, 0.15) is 41.0 Å². The molecule has 0 fully saturated rings. The number of amides is 1. The number of rotatable bonds is 3. The summed E-state index contributed by atoms with van der Waals surface area (Å²) in [5.74, 6) is 0.378. The summed E-state index contributed by atoms with van der Waals surface area (Å²) in [6.07, 6.45) is 0.253. The van der Waals surface area contributed by atoms with Gasteiger partial charge in [-0.25, -0.2) is 4.79 Å². The fourth-order valence-corrected chi connectivity index (χ4v) is 2.17. The van der Waals surface area contributed by atoms with Gasteiger partial charge in [-0.15, -0.1) is 0 Å². The molecule has 0 bridgehead atoms. The summed E-state index contributed by atoms with van der Waals surface area (Å²) in [6.45, 7) is 9.58. The quantitative estimate of drug-likeness (QED) is 0.748. The molecule has 0 N–H and O–H groups in total. The Morgan fingerprint density at radius 3 is 2.77 bits per heavy atom. The monoisotopic (exact) mass is 310 g/mol. The first kappa shape index (κ1) is 16.3. The van der Waals surface area contributed by atoms with E-state index < -0.39 is 18.0 Å². The number of hydrogen-bond donors (Lipinski definition) is 0. The first-order valence-corrected chi connectivity index (χ1v) is 7.29. The molecule has 2 rings (SSSR count). The number of carbonyl (C=O) groups excluding carboxylic acids is 2. The van der Waals surface area contributed by atoms with Crippen LogP contribution in [0.3, 0.4) is 0 Å². The van der Waals surface area contributed by atoms with E-state index in [4.69, 9.17) is 14.3 Å². The molecule has 0 aromatic heterocycles. The average Bonchev–Trinajstić information content (AvgIpc) is 2.87. The van der Waals surface area contributed by atoms with Crippen LogP contribution in [0.25, 0.3) is 0 Å². The molecule has 2 heterocycles. The van der Waals surface area contributed by atoms with Gasteiger partial charge in [-0.3, -0.25) is 9.69 Å². The number of hydrogen-bond acceptors (Lipinski definition) is 6. The highest BCUT2D eigenvalue weighted by Gasteiger charge is 2.42. The lowest BCUT2D eigenvalue weighted by Gasteiger charge is -2.25. The Morgan fingerprint density at radius 2 is 2.23 bits per heavy atom. The first-order chi connectivity index (χ1) is 10.2. The zero-order valence-corrected chi connectivity index (χ0v) is 13.6. The predicted octanol–water partition coefficient (Wildman–Crippen LogP) is 2.42. The van der Waals surface area contributed by atoms with Gasteiger partial charge in [0.15, 0.2) is 5.84 Å². The molecule has 2 aliphatic rings. The van der Waals surface area contributed by atoms with Crippen LogP contribution >= 0.6 is 0 Å². The van der Waals surface area contributed by atoms with Gasteiger partial charge in [-0.2, -0.15) is 0 Å². The maximum atomic E-state index is 12.1. The highest BCUT2D eigenvalue weighted by Crippen LogP contribution is 2.29. The lowest BCUT2D eigenvalue weighted by atomic mass is 10.1. The molecule has 7 heteroatoms. The van der Waals surface area contributed by atoms with E-state index in [2.05, 4.69) is 5.16 Å². The SMILES string of the molecule is CC1=CC(=O)N(C2=NOC(C)(C)C2)C1OC(=O)OCC(C)C. The lowest BCUT2D eigenvalue weighted by molar-refractivity contribution is -0.126. The third kappa shape index (κ3) is 3.58. The Bertz CT molecular complexity index is 536. The van der Waals surface area contributed by atoms with Crippen molar-refractivity contribution >= 4 is 17.9 Å². The minimum atomic E-state index is -0.830. The van der Waals surface area contributed by atoms with Crippen molar-refractivity contribution < 1.29 is 23.9 Å². The van der Waals surface area contributed by atoms with E-state index in [-0.39, 0.29) is 18.4 Å². The van der Waals surface area contributed by atoms with E-state index >= 15 is 0 Å². The minimum absolute atomic E-state index is 0.207. The maximum absolute atomic E-state index is 12.1. The predicted molar refractivity (Wildman–Crippen MR) is 78.9 cm³/mol. The van der Waals surface area contributed by atoms with Crippen LogP contribution in [0.4, 0.5) is 4.79 Å². The normalized spacial score (nSPS) is 23.3. The Morgan fingerprint density at radius 1 is 1.55 bits per heavy atom. The van der Waals surface area contributed by atoms with Crippen molar-refractivity contribution in [2.45, 2.75) is 52.9 Å². The van der Waals surface area contributed by atoms with Crippen molar-refractivity contribution in [3.05, 3.63) is 11.6 Å². The molecular formula is C15H22N2O5. The zero-order valence-electron chi connectivity index (χ0n) is 13.6. The van der Waals surface area contributed by atoms with E-state index in [0.29, 0.717) is 17.8 Å². The number of carbonyl (C=O) groups is 2. The third-order valence-corrected chi connectivity index (χ3v) is 3.22. The van der Waals surface area contributed by atoms with Crippen molar-refractivity contribution in [2.75, 3.05) is 6.61 Å². The number of ether oxygens (including phenoxy) is 2. The minimum Gasteiger partial charge on any atom is -0.434 e. The Balaban J connectivity index is 2.06. The van der Waals surface area contributed by atoms with Gasteiger partial charge in [0, 0.05) is 6.08 Å². The van der Waals surface area contributed by atoms with Crippen LogP contribution in [0.2, 0.25) is 0 Å². The van der Waals surface area contributed by atoms with Crippen molar-refractivity contribution in [3.63, 3.8) is 0 Å². The van der Waals surface area contributed by atoms with Gasteiger partial charge >= 0.3 is 6.16 Å². The molecular weight excluding hydrogens is 288 g/mol. The summed E-state index contributed by atoms with van der Waals surface area (Å²) in [6, 6.07) is 0. The molecule has 0 saturated carbocycles. The highest BCUT2D eigenvalue weighted by atomic mass is 16.7. The Labute approximate surface area is 129 Å². The molecule has 1 atom stereocenters. The van der Waals surface area contributed by atoms with Crippen molar-refractivity contribution in [3.8, 4) is 0 Å². The standard InChI is InChI=1S/C15H22N2O5/c1-9(2)8-20-14(19)21-13-10(3)6-12(18)17(13)11-7-15(4,5)22-16-11/h6,9,13H,7-8H2,1-5H3.